The van der Waals surface area contributed by atoms with Crippen molar-refractivity contribution < 1.29 is 8.42 Å². The molecule has 1 atom stereocenters. The summed E-state index contributed by atoms with van der Waals surface area (Å²) in [7, 11) is -3.59. The molecule has 0 aliphatic rings. The third-order valence-electron chi connectivity index (χ3n) is 2.69. The molecule has 7 heteroatoms. The summed E-state index contributed by atoms with van der Waals surface area (Å²) in [6, 6.07) is 8.69. The molecular weight excluding hydrogens is 408 g/mol. The minimum Gasteiger partial charge on any atom is -0.262 e. The SMILES string of the molecule is CC(NS(=O)(=O)c1cncc(Br)c1)c1ccc(Br)cc1. The van der Waals surface area contributed by atoms with Crippen molar-refractivity contribution in [3.8, 4) is 0 Å². The van der Waals surface area contributed by atoms with Gasteiger partial charge in [-0.3, -0.25) is 4.98 Å². The molecule has 1 heterocycles. The highest BCUT2D eigenvalue weighted by Crippen LogP contribution is 2.20. The van der Waals surface area contributed by atoms with Gasteiger partial charge in [0.25, 0.3) is 0 Å². The zero-order valence-electron chi connectivity index (χ0n) is 10.5. The Balaban J connectivity index is 2.22. The summed E-state index contributed by atoms with van der Waals surface area (Å²) < 4.78 is 28.7. The van der Waals surface area contributed by atoms with Gasteiger partial charge in [-0.25, -0.2) is 13.1 Å². The lowest BCUT2D eigenvalue weighted by Crippen LogP contribution is -2.27. The van der Waals surface area contributed by atoms with Gasteiger partial charge >= 0.3 is 0 Å². The molecule has 0 saturated carbocycles. The van der Waals surface area contributed by atoms with E-state index in [9.17, 15) is 8.42 Å². The largest absolute Gasteiger partial charge is 0.262 e. The smallest absolute Gasteiger partial charge is 0.242 e. The predicted octanol–water partition coefficient (Wildman–Crippen LogP) is 3.65. The van der Waals surface area contributed by atoms with Crippen LogP contribution in [-0.4, -0.2) is 13.4 Å². The number of aromatic nitrogens is 1. The summed E-state index contributed by atoms with van der Waals surface area (Å²) in [5.74, 6) is 0. The number of benzene rings is 1. The van der Waals surface area contributed by atoms with E-state index < -0.39 is 10.0 Å². The second-order valence-electron chi connectivity index (χ2n) is 4.23. The normalized spacial score (nSPS) is 13.2. The lowest BCUT2D eigenvalue weighted by atomic mass is 10.1. The highest BCUT2D eigenvalue weighted by molar-refractivity contribution is 9.10. The lowest BCUT2D eigenvalue weighted by molar-refractivity contribution is 0.566. The van der Waals surface area contributed by atoms with Crippen LogP contribution in [0, 0.1) is 0 Å². The summed E-state index contributed by atoms with van der Waals surface area (Å²) in [6.45, 7) is 1.80. The number of rotatable bonds is 4. The predicted molar refractivity (Wildman–Crippen MR) is 84.8 cm³/mol. The second kappa shape index (κ2) is 6.34. The van der Waals surface area contributed by atoms with Crippen LogP contribution in [0.25, 0.3) is 0 Å². The van der Waals surface area contributed by atoms with E-state index in [-0.39, 0.29) is 10.9 Å². The number of hydrogen-bond acceptors (Lipinski definition) is 3. The van der Waals surface area contributed by atoms with E-state index in [0.29, 0.717) is 4.47 Å². The number of sulfonamides is 1. The fraction of sp³-hybridized carbons (Fsp3) is 0.154. The van der Waals surface area contributed by atoms with E-state index in [0.717, 1.165) is 10.0 Å². The van der Waals surface area contributed by atoms with E-state index >= 15 is 0 Å². The van der Waals surface area contributed by atoms with E-state index in [4.69, 9.17) is 0 Å². The molecule has 1 N–H and O–H groups in total. The number of pyridine rings is 1. The van der Waals surface area contributed by atoms with Crippen molar-refractivity contribution in [2.45, 2.75) is 17.9 Å². The first-order valence-corrected chi connectivity index (χ1v) is 8.84. The van der Waals surface area contributed by atoms with Gasteiger partial charge in [-0.1, -0.05) is 28.1 Å². The number of hydrogen-bond donors (Lipinski definition) is 1. The van der Waals surface area contributed by atoms with Gasteiger partial charge < -0.3 is 0 Å². The van der Waals surface area contributed by atoms with Gasteiger partial charge in [0.1, 0.15) is 4.90 Å². The van der Waals surface area contributed by atoms with Crippen LogP contribution in [0.3, 0.4) is 0 Å². The Hall–Kier alpha value is -0.760. The van der Waals surface area contributed by atoms with Crippen LogP contribution in [0.1, 0.15) is 18.5 Å². The average molecular weight is 420 g/mol. The zero-order chi connectivity index (χ0) is 14.8. The van der Waals surface area contributed by atoms with E-state index in [1.807, 2.05) is 24.3 Å². The van der Waals surface area contributed by atoms with Gasteiger partial charge in [0.05, 0.1) is 0 Å². The van der Waals surface area contributed by atoms with Gasteiger partial charge in [-0.05, 0) is 46.6 Å². The Kier molecular flexibility index (Phi) is 4.95. The molecule has 0 radical (unpaired) electrons. The van der Waals surface area contributed by atoms with Crippen LogP contribution < -0.4 is 4.72 Å². The molecule has 4 nitrogen and oxygen atoms in total. The molecule has 1 aromatic heterocycles. The summed E-state index contributed by atoms with van der Waals surface area (Å²) in [5, 5.41) is 0. The number of halogens is 2. The van der Waals surface area contributed by atoms with E-state index in [1.54, 1.807) is 6.92 Å². The van der Waals surface area contributed by atoms with Crippen LogP contribution in [0.2, 0.25) is 0 Å². The minimum atomic E-state index is -3.59. The quantitative estimate of drug-likeness (QED) is 0.822. The van der Waals surface area contributed by atoms with Gasteiger partial charge in [0.2, 0.25) is 10.0 Å². The molecule has 20 heavy (non-hydrogen) atoms. The highest BCUT2D eigenvalue weighted by atomic mass is 79.9. The molecule has 0 aliphatic carbocycles. The van der Waals surface area contributed by atoms with Crippen LogP contribution in [0.5, 0.6) is 0 Å². The fourth-order valence-electron chi connectivity index (χ4n) is 1.66. The van der Waals surface area contributed by atoms with Gasteiger partial charge in [0.15, 0.2) is 0 Å². The van der Waals surface area contributed by atoms with E-state index in [2.05, 4.69) is 41.6 Å². The summed E-state index contributed by atoms with van der Waals surface area (Å²) in [6.07, 6.45) is 2.86. The Morgan fingerprint density at radius 2 is 1.75 bits per heavy atom. The van der Waals surface area contributed by atoms with Gasteiger partial charge in [0, 0.05) is 27.4 Å². The molecule has 2 rings (SSSR count). The molecular formula is C13H12Br2N2O2S. The first-order valence-electron chi connectivity index (χ1n) is 5.77. The Morgan fingerprint density at radius 1 is 1.10 bits per heavy atom. The number of nitrogens with zero attached hydrogens (tertiary/aromatic N) is 1. The maximum Gasteiger partial charge on any atom is 0.242 e. The molecule has 0 spiro atoms. The standard InChI is InChI=1S/C13H12Br2N2O2S/c1-9(10-2-4-11(14)5-3-10)17-20(18,19)13-6-12(15)7-16-8-13/h2-9,17H,1H3. The zero-order valence-corrected chi connectivity index (χ0v) is 14.5. The fourth-order valence-corrected chi connectivity index (χ4v) is 3.66. The summed E-state index contributed by atoms with van der Waals surface area (Å²) in [4.78, 5) is 4.00. The lowest BCUT2D eigenvalue weighted by Gasteiger charge is -2.14. The summed E-state index contributed by atoms with van der Waals surface area (Å²) >= 11 is 6.56. The highest BCUT2D eigenvalue weighted by Gasteiger charge is 2.18. The summed E-state index contributed by atoms with van der Waals surface area (Å²) in [5.41, 5.74) is 0.889. The Morgan fingerprint density at radius 3 is 2.35 bits per heavy atom. The molecule has 1 aromatic carbocycles. The molecule has 106 valence electrons. The van der Waals surface area contributed by atoms with Gasteiger partial charge in [-0.2, -0.15) is 0 Å². The third kappa shape index (κ3) is 3.88. The topological polar surface area (TPSA) is 59.1 Å². The van der Waals surface area contributed by atoms with Crippen molar-refractivity contribution in [3.63, 3.8) is 0 Å². The molecule has 0 bridgehead atoms. The molecule has 0 saturated heterocycles. The number of nitrogens with one attached hydrogen (secondary N) is 1. The van der Waals surface area contributed by atoms with Crippen LogP contribution >= 0.6 is 31.9 Å². The van der Waals surface area contributed by atoms with Crippen molar-refractivity contribution in [1.29, 1.82) is 0 Å². The Labute approximate surface area is 134 Å². The maximum absolute atomic E-state index is 12.3. The van der Waals surface area contributed by atoms with Crippen LogP contribution in [-0.2, 0) is 10.0 Å². The minimum absolute atomic E-state index is 0.135. The first-order chi connectivity index (χ1) is 9.38. The van der Waals surface area contributed by atoms with E-state index in [1.165, 1.54) is 18.5 Å². The first kappa shape index (κ1) is 15.6. The average Bonchev–Trinajstić information content (AvgIpc) is 2.39. The molecule has 0 fully saturated rings. The van der Waals surface area contributed by atoms with Crippen molar-refractivity contribution >= 4 is 41.9 Å². The molecule has 0 amide bonds. The van der Waals surface area contributed by atoms with Gasteiger partial charge in [-0.15, -0.1) is 0 Å². The third-order valence-corrected chi connectivity index (χ3v) is 5.16. The maximum atomic E-state index is 12.3. The van der Waals surface area contributed by atoms with Crippen molar-refractivity contribution in [3.05, 3.63) is 57.2 Å². The Bertz CT molecular complexity index is 703. The second-order valence-corrected chi connectivity index (χ2v) is 7.78. The van der Waals surface area contributed by atoms with Crippen molar-refractivity contribution in [1.82, 2.24) is 9.71 Å². The molecule has 2 aromatic rings. The van der Waals surface area contributed by atoms with Crippen LogP contribution in [0.4, 0.5) is 0 Å². The molecule has 0 aliphatic heterocycles. The molecule has 1 unspecified atom stereocenters. The van der Waals surface area contributed by atoms with Crippen LogP contribution in [0.15, 0.2) is 56.6 Å². The van der Waals surface area contributed by atoms with Crippen molar-refractivity contribution in [2.24, 2.45) is 0 Å². The van der Waals surface area contributed by atoms with Crippen molar-refractivity contribution in [2.75, 3.05) is 0 Å². The monoisotopic (exact) mass is 418 g/mol.